The molecule has 4 rings (SSSR count). The quantitative estimate of drug-likeness (QED) is 0.334. The maximum Gasteiger partial charge on any atom is 0.330 e. The average Bonchev–Trinajstić information content (AvgIpc) is 2.95. The summed E-state index contributed by atoms with van der Waals surface area (Å²) in [5.41, 5.74) is 5.84. The summed E-state index contributed by atoms with van der Waals surface area (Å²) in [5, 5.41) is 0. The second-order valence-corrected chi connectivity index (χ2v) is 8.95. The molecule has 3 aromatic rings. The summed E-state index contributed by atoms with van der Waals surface area (Å²) in [6, 6.07) is 24.1. The number of benzene rings is 3. The standard InChI is InChI=1S/C30H32N2O5/c1-31(2)26-14-12-25(13-15-26)24-10-7-23(8-11-24)20-32(30(34)28-21-36-17-18-37-28)27-6-4-5-22(19-27)9-16-29(33)35-3/h4-16,19,28H,17-18,20-21H2,1-3H3/b16-9+. The van der Waals surface area contributed by atoms with Crippen LogP contribution in [0.5, 0.6) is 0 Å². The number of carbonyl (C=O) groups excluding carboxylic acids is 2. The molecular formula is C30H32N2O5. The number of esters is 1. The number of hydrogen-bond donors (Lipinski definition) is 0. The molecule has 0 aromatic heterocycles. The van der Waals surface area contributed by atoms with Gasteiger partial charge in [-0.15, -0.1) is 0 Å². The molecule has 0 spiro atoms. The van der Waals surface area contributed by atoms with Gasteiger partial charge in [0.25, 0.3) is 5.91 Å². The van der Waals surface area contributed by atoms with E-state index in [-0.39, 0.29) is 12.5 Å². The molecule has 0 saturated carbocycles. The number of hydrogen-bond acceptors (Lipinski definition) is 6. The molecule has 7 heteroatoms. The molecule has 0 aliphatic carbocycles. The molecule has 1 atom stereocenters. The van der Waals surface area contributed by atoms with E-state index in [9.17, 15) is 9.59 Å². The summed E-state index contributed by atoms with van der Waals surface area (Å²) >= 11 is 0. The van der Waals surface area contributed by atoms with Crippen molar-refractivity contribution in [3.05, 3.63) is 90.0 Å². The van der Waals surface area contributed by atoms with Crippen LogP contribution in [-0.2, 0) is 30.3 Å². The molecule has 0 radical (unpaired) electrons. The molecule has 0 bridgehead atoms. The minimum atomic E-state index is -0.669. The Hall–Kier alpha value is -3.94. The van der Waals surface area contributed by atoms with Crippen molar-refractivity contribution < 1.29 is 23.8 Å². The van der Waals surface area contributed by atoms with Crippen molar-refractivity contribution in [3.63, 3.8) is 0 Å². The zero-order chi connectivity index (χ0) is 26.2. The van der Waals surface area contributed by atoms with Gasteiger partial charge < -0.3 is 24.0 Å². The van der Waals surface area contributed by atoms with Crippen molar-refractivity contribution in [2.75, 3.05) is 50.8 Å². The van der Waals surface area contributed by atoms with Gasteiger partial charge in [-0.1, -0.05) is 48.5 Å². The van der Waals surface area contributed by atoms with Crippen LogP contribution in [0.3, 0.4) is 0 Å². The summed E-state index contributed by atoms with van der Waals surface area (Å²) in [6.07, 6.45) is 2.35. The number of methoxy groups -OCH3 is 1. The van der Waals surface area contributed by atoms with Crippen molar-refractivity contribution in [3.8, 4) is 11.1 Å². The van der Waals surface area contributed by atoms with Gasteiger partial charge in [0.1, 0.15) is 0 Å². The van der Waals surface area contributed by atoms with Gasteiger partial charge >= 0.3 is 5.97 Å². The largest absolute Gasteiger partial charge is 0.466 e. The third-order valence-electron chi connectivity index (χ3n) is 6.16. The molecule has 1 aliphatic heterocycles. The molecule has 1 aliphatic rings. The summed E-state index contributed by atoms with van der Waals surface area (Å²) in [5.74, 6) is -0.611. The Morgan fingerprint density at radius 3 is 2.27 bits per heavy atom. The van der Waals surface area contributed by atoms with Crippen molar-refractivity contribution in [2.45, 2.75) is 12.6 Å². The highest BCUT2D eigenvalue weighted by Crippen LogP contribution is 2.26. The van der Waals surface area contributed by atoms with Crippen molar-refractivity contribution in [1.29, 1.82) is 0 Å². The Balaban J connectivity index is 1.58. The minimum Gasteiger partial charge on any atom is -0.466 e. The van der Waals surface area contributed by atoms with Crippen LogP contribution in [0.4, 0.5) is 11.4 Å². The number of anilines is 2. The Morgan fingerprint density at radius 2 is 1.65 bits per heavy atom. The van der Waals surface area contributed by atoms with Gasteiger partial charge in [-0.3, -0.25) is 4.79 Å². The average molecular weight is 501 g/mol. The molecule has 1 amide bonds. The highest BCUT2D eigenvalue weighted by atomic mass is 16.6. The topological polar surface area (TPSA) is 68.3 Å². The maximum atomic E-state index is 13.5. The van der Waals surface area contributed by atoms with E-state index in [2.05, 4.69) is 46.0 Å². The van der Waals surface area contributed by atoms with Gasteiger partial charge in [0.05, 0.1) is 33.5 Å². The van der Waals surface area contributed by atoms with Crippen LogP contribution in [0.15, 0.2) is 78.9 Å². The van der Waals surface area contributed by atoms with E-state index in [0.717, 1.165) is 27.9 Å². The monoisotopic (exact) mass is 500 g/mol. The van der Waals surface area contributed by atoms with Gasteiger partial charge in [0.2, 0.25) is 0 Å². The Kier molecular flexibility index (Phi) is 8.72. The third kappa shape index (κ3) is 6.84. The second kappa shape index (κ2) is 12.3. The molecular weight excluding hydrogens is 468 g/mol. The van der Waals surface area contributed by atoms with Gasteiger partial charge in [-0.05, 0) is 52.6 Å². The molecule has 7 nitrogen and oxygen atoms in total. The first-order valence-electron chi connectivity index (χ1n) is 12.2. The predicted octanol–water partition coefficient (Wildman–Crippen LogP) is 4.55. The molecule has 1 fully saturated rings. The van der Waals surface area contributed by atoms with Crippen molar-refractivity contribution in [1.82, 2.24) is 0 Å². The lowest BCUT2D eigenvalue weighted by molar-refractivity contribution is -0.145. The molecule has 192 valence electrons. The van der Waals surface area contributed by atoms with Crippen LogP contribution in [0, 0.1) is 0 Å². The van der Waals surface area contributed by atoms with E-state index in [4.69, 9.17) is 9.47 Å². The summed E-state index contributed by atoms with van der Waals surface area (Å²) < 4.78 is 15.9. The predicted molar refractivity (Wildman–Crippen MR) is 145 cm³/mol. The fourth-order valence-electron chi connectivity index (χ4n) is 4.07. The van der Waals surface area contributed by atoms with Crippen LogP contribution in [0.25, 0.3) is 17.2 Å². The fraction of sp³-hybridized carbons (Fsp3) is 0.267. The smallest absolute Gasteiger partial charge is 0.330 e. The molecule has 0 N–H and O–H groups in total. The van der Waals surface area contributed by atoms with Crippen LogP contribution < -0.4 is 9.80 Å². The molecule has 1 heterocycles. The molecule has 1 saturated heterocycles. The van der Waals surface area contributed by atoms with Gasteiger partial charge in [0, 0.05) is 31.5 Å². The van der Waals surface area contributed by atoms with Crippen LogP contribution in [-0.4, -0.2) is 59.0 Å². The van der Waals surface area contributed by atoms with E-state index in [0.29, 0.717) is 25.4 Å². The third-order valence-corrected chi connectivity index (χ3v) is 6.16. The summed E-state index contributed by atoms with van der Waals surface area (Å²) in [4.78, 5) is 28.8. The molecule has 3 aromatic carbocycles. The summed E-state index contributed by atoms with van der Waals surface area (Å²) in [7, 11) is 5.37. The maximum absolute atomic E-state index is 13.5. The lowest BCUT2D eigenvalue weighted by atomic mass is 10.0. The molecule has 37 heavy (non-hydrogen) atoms. The first-order chi connectivity index (χ1) is 17.9. The van der Waals surface area contributed by atoms with Crippen LogP contribution in [0.1, 0.15) is 11.1 Å². The van der Waals surface area contributed by atoms with Gasteiger partial charge in [-0.25, -0.2) is 4.79 Å². The highest BCUT2D eigenvalue weighted by molar-refractivity contribution is 5.97. The van der Waals surface area contributed by atoms with Crippen LogP contribution >= 0.6 is 0 Å². The van der Waals surface area contributed by atoms with Gasteiger partial charge in [0.15, 0.2) is 6.10 Å². The normalized spacial score (nSPS) is 15.4. The lowest BCUT2D eigenvalue weighted by Crippen LogP contribution is -2.45. The number of nitrogens with zero attached hydrogens (tertiary/aromatic N) is 2. The van der Waals surface area contributed by atoms with Crippen LogP contribution in [0.2, 0.25) is 0 Å². The van der Waals surface area contributed by atoms with Crippen molar-refractivity contribution in [2.24, 2.45) is 0 Å². The highest BCUT2D eigenvalue weighted by Gasteiger charge is 2.29. The first kappa shape index (κ1) is 26.1. The van der Waals surface area contributed by atoms with E-state index >= 15 is 0 Å². The Labute approximate surface area is 217 Å². The summed E-state index contributed by atoms with van der Waals surface area (Å²) in [6.45, 7) is 1.45. The number of carbonyl (C=O) groups is 2. The SMILES string of the molecule is COC(=O)/C=C/c1cccc(N(Cc2ccc(-c3ccc(N(C)C)cc3)cc2)C(=O)C2COCCO2)c1. The van der Waals surface area contributed by atoms with E-state index in [1.807, 2.05) is 50.5 Å². The zero-order valence-corrected chi connectivity index (χ0v) is 21.4. The number of rotatable bonds is 8. The van der Waals surface area contributed by atoms with E-state index < -0.39 is 12.1 Å². The fourth-order valence-corrected chi connectivity index (χ4v) is 4.07. The Bertz CT molecular complexity index is 1230. The second-order valence-electron chi connectivity index (χ2n) is 8.95. The van der Waals surface area contributed by atoms with E-state index in [1.54, 1.807) is 11.0 Å². The van der Waals surface area contributed by atoms with Crippen molar-refractivity contribution >= 4 is 29.3 Å². The minimum absolute atomic E-state index is 0.169. The molecule has 1 unspecified atom stereocenters. The zero-order valence-electron chi connectivity index (χ0n) is 21.4. The Morgan fingerprint density at radius 1 is 0.946 bits per heavy atom. The first-order valence-corrected chi connectivity index (χ1v) is 12.2. The lowest BCUT2D eigenvalue weighted by Gasteiger charge is -2.30. The van der Waals surface area contributed by atoms with E-state index in [1.165, 1.54) is 13.2 Å². The number of amides is 1. The van der Waals surface area contributed by atoms with Gasteiger partial charge in [-0.2, -0.15) is 0 Å². The number of ether oxygens (including phenoxy) is 3.